The van der Waals surface area contributed by atoms with Crippen molar-refractivity contribution in [2.75, 3.05) is 11.9 Å². The minimum Gasteiger partial charge on any atom is -0.324 e. The fourth-order valence-corrected chi connectivity index (χ4v) is 3.20. The largest absolute Gasteiger partial charge is 0.324 e. The second-order valence-electron chi connectivity index (χ2n) is 5.31. The summed E-state index contributed by atoms with van der Waals surface area (Å²) in [5, 5.41) is 2.54. The van der Waals surface area contributed by atoms with Crippen molar-refractivity contribution in [1.29, 1.82) is 0 Å². The number of carbonyl (C=O) groups is 1. The summed E-state index contributed by atoms with van der Waals surface area (Å²) < 4.78 is 65.5. The highest BCUT2D eigenvalue weighted by Crippen LogP contribution is 2.20. The first-order chi connectivity index (χ1) is 11.6. The molecule has 0 spiro atoms. The lowest BCUT2D eigenvalue weighted by molar-refractivity contribution is -0.115. The number of benzene rings is 2. The van der Waals surface area contributed by atoms with Crippen molar-refractivity contribution in [3.63, 3.8) is 0 Å². The standard InChI is InChI=1S/C16H15F3N2O3S/c1-9-4-3-5-10(2)16(9)21-13(22)8-20-25(23,24)12-7-6-11(17)14(18)15(12)19/h3-7,20H,8H2,1-2H3,(H,21,22). The molecule has 2 N–H and O–H groups in total. The maximum atomic E-state index is 13.6. The number of nitrogens with one attached hydrogen (secondary N) is 2. The van der Waals surface area contributed by atoms with Gasteiger partial charge in [-0.25, -0.2) is 26.3 Å². The summed E-state index contributed by atoms with van der Waals surface area (Å²) >= 11 is 0. The number of rotatable bonds is 5. The molecule has 0 aromatic heterocycles. The Balaban J connectivity index is 2.12. The van der Waals surface area contributed by atoms with Gasteiger partial charge in [-0.15, -0.1) is 0 Å². The van der Waals surface area contributed by atoms with Crippen molar-refractivity contribution in [3.05, 3.63) is 58.9 Å². The van der Waals surface area contributed by atoms with Crippen LogP contribution in [0.25, 0.3) is 0 Å². The highest BCUT2D eigenvalue weighted by Gasteiger charge is 2.24. The molecule has 0 radical (unpaired) electrons. The minimum atomic E-state index is -4.53. The van der Waals surface area contributed by atoms with Crippen LogP contribution in [0, 0.1) is 31.3 Å². The van der Waals surface area contributed by atoms with E-state index in [-0.39, 0.29) is 0 Å². The van der Waals surface area contributed by atoms with Gasteiger partial charge in [0, 0.05) is 5.69 Å². The summed E-state index contributed by atoms with van der Waals surface area (Å²) in [6.45, 7) is 2.83. The monoisotopic (exact) mass is 372 g/mol. The quantitative estimate of drug-likeness (QED) is 0.793. The zero-order valence-electron chi connectivity index (χ0n) is 13.4. The molecular formula is C16H15F3N2O3S. The molecule has 2 rings (SSSR count). The Morgan fingerprint density at radius 1 is 1.00 bits per heavy atom. The summed E-state index contributed by atoms with van der Waals surface area (Å²) in [7, 11) is -4.53. The molecule has 134 valence electrons. The molecule has 0 aliphatic rings. The van der Waals surface area contributed by atoms with E-state index in [9.17, 15) is 26.4 Å². The Kier molecular flexibility index (Phi) is 5.48. The highest BCUT2D eigenvalue weighted by molar-refractivity contribution is 7.89. The Morgan fingerprint density at radius 3 is 2.20 bits per heavy atom. The molecule has 0 heterocycles. The first-order valence-corrected chi connectivity index (χ1v) is 8.61. The van der Waals surface area contributed by atoms with Crippen LogP contribution in [0.5, 0.6) is 0 Å². The van der Waals surface area contributed by atoms with Crippen LogP contribution in [-0.2, 0) is 14.8 Å². The Labute approximate surface area is 142 Å². The molecule has 2 aromatic rings. The number of anilines is 1. The van der Waals surface area contributed by atoms with Crippen LogP contribution in [0.2, 0.25) is 0 Å². The SMILES string of the molecule is Cc1cccc(C)c1NC(=O)CNS(=O)(=O)c1ccc(F)c(F)c1F. The molecule has 9 heteroatoms. The number of amides is 1. The Hall–Kier alpha value is -2.39. The van der Waals surface area contributed by atoms with Crippen LogP contribution in [-0.4, -0.2) is 20.9 Å². The van der Waals surface area contributed by atoms with Gasteiger partial charge in [0.2, 0.25) is 15.9 Å². The first-order valence-electron chi connectivity index (χ1n) is 7.12. The van der Waals surface area contributed by atoms with Crippen LogP contribution in [0.4, 0.5) is 18.9 Å². The predicted molar refractivity (Wildman–Crippen MR) is 86.1 cm³/mol. The molecule has 25 heavy (non-hydrogen) atoms. The van der Waals surface area contributed by atoms with Crippen molar-refractivity contribution in [2.24, 2.45) is 0 Å². The zero-order chi connectivity index (χ0) is 18.8. The number of para-hydroxylation sites is 1. The fraction of sp³-hybridized carbons (Fsp3) is 0.188. The topological polar surface area (TPSA) is 75.3 Å². The van der Waals surface area contributed by atoms with Gasteiger partial charge in [0.25, 0.3) is 0 Å². The molecule has 0 unspecified atom stereocenters. The van der Waals surface area contributed by atoms with E-state index in [2.05, 4.69) is 5.32 Å². The van der Waals surface area contributed by atoms with Crippen LogP contribution >= 0.6 is 0 Å². The van der Waals surface area contributed by atoms with Gasteiger partial charge in [0.05, 0.1) is 6.54 Å². The first kappa shape index (κ1) is 18.9. The van der Waals surface area contributed by atoms with Crippen molar-refractivity contribution >= 4 is 21.6 Å². The summed E-state index contributed by atoms with van der Waals surface area (Å²) in [5.74, 6) is -5.95. The molecule has 0 aliphatic heterocycles. The van der Waals surface area contributed by atoms with Gasteiger partial charge < -0.3 is 5.32 Å². The molecule has 0 bridgehead atoms. The lowest BCUT2D eigenvalue weighted by Gasteiger charge is -2.12. The third-order valence-corrected chi connectivity index (χ3v) is 4.88. The van der Waals surface area contributed by atoms with E-state index in [4.69, 9.17) is 0 Å². The Morgan fingerprint density at radius 2 is 1.60 bits per heavy atom. The van der Waals surface area contributed by atoms with Crippen molar-refractivity contribution in [3.8, 4) is 0 Å². The van der Waals surface area contributed by atoms with Gasteiger partial charge in [0.1, 0.15) is 4.90 Å². The summed E-state index contributed by atoms with van der Waals surface area (Å²) in [5.41, 5.74) is 2.09. The number of hydrogen-bond donors (Lipinski definition) is 2. The van der Waals surface area contributed by atoms with E-state index in [1.54, 1.807) is 32.0 Å². The molecule has 1 amide bonds. The third kappa shape index (κ3) is 4.18. The van der Waals surface area contributed by atoms with Gasteiger partial charge >= 0.3 is 0 Å². The number of sulfonamides is 1. The van der Waals surface area contributed by atoms with Crippen molar-refractivity contribution in [2.45, 2.75) is 18.7 Å². The van der Waals surface area contributed by atoms with Gasteiger partial charge in [-0.3, -0.25) is 4.79 Å². The molecule has 0 fully saturated rings. The number of aryl methyl sites for hydroxylation is 2. The van der Waals surface area contributed by atoms with Crippen LogP contribution < -0.4 is 10.0 Å². The average molecular weight is 372 g/mol. The smallest absolute Gasteiger partial charge is 0.244 e. The third-order valence-electron chi connectivity index (χ3n) is 3.46. The second-order valence-corrected chi connectivity index (χ2v) is 7.05. The van der Waals surface area contributed by atoms with E-state index in [1.807, 2.05) is 4.72 Å². The molecule has 0 atom stereocenters. The normalized spacial score (nSPS) is 11.4. The molecule has 0 saturated heterocycles. The number of halogens is 3. The maximum Gasteiger partial charge on any atom is 0.244 e. The average Bonchev–Trinajstić information content (AvgIpc) is 2.54. The second kappa shape index (κ2) is 7.24. The van der Waals surface area contributed by atoms with Crippen LogP contribution in [0.1, 0.15) is 11.1 Å². The van der Waals surface area contributed by atoms with Gasteiger partial charge in [-0.1, -0.05) is 18.2 Å². The molecule has 5 nitrogen and oxygen atoms in total. The van der Waals surface area contributed by atoms with Gasteiger partial charge in [0.15, 0.2) is 17.5 Å². The maximum absolute atomic E-state index is 13.6. The van der Waals surface area contributed by atoms with Gasteiger partial charge in [-0.05, 0) is 37.1 Å². The zero-order valence-corrected chi connectivity index (χ0v) is 14.2. The van der Waals surface area contributed by atoms with E-state index in [0.717, 1.165) is 11.1 Å². The minimum absolute atomic E-state index is 0.490. The lowest BCUT2D eigenvalue weighted by atomic mass is 10.1. The van der Waals surface area contributed by atoms with Gasteiger partial charge in [-0.2, -0.15) is 0 Å². The van der Waals surface area contributed by atoms with E-state index in [0.29, 0.717) is 17.8 Å². The number of carbonyl (C=O) groups excluding carboxylic acids is 1. The molecule has 0 aliphatic carbocycles. The predicted octanol–water partition coefficient (Wildman–Crippen LogP) is 2.64. The highest BCUT2D eigenvalue weighted by atomic mass is 32.2. The van der Waals surface area contributed by atoms with Crippen LogP contribution in [0.3, 0.4) is 0 Å². The number of hydrogen-bond acceptors (Lipinski definition) is 3. The summed E-state index contributed by atoms with van der Waals surface area (Å²) in [6.07, 6.45) is 0. The fourth-order valence-electron chi connectivity index (χ4n) is 2.15. The van der Waals surface area contributed by atoms with Crippen molar-refractivity contribution < 1.29 is 26.4 Å². The Bertz CT molecular complexity index is 910. The molecule has 0 saturated carbocycles. The van der Waals surface area contributed by atoms with Crippen molar-refractivity contribution in [1.82, 2.24) is 4.72 Å². The summed E-state index contributed by atoms with van der Waals surface area (Å²) in [6, 6.07) is 6.41. The molecule has 2 aromatic carbocycles. The van der Waals surface area contributed by atoms with E-state index >= 15 is 0 Å². The van der Waals surface area contributed by atoms with E-state index in [1.165, 1.54) is 0 Å². The molecular weight excluding hydrogens is 357 g/mol. The lowest BCUT2D eigenvalue weighted by Crippen LogP contribution is -2.33. The summed E-state index contributed by atoms with van der Waals surface area (Å²) in [4.78, 5) is 10.9. The van der Waals surface area contributed by atoms with Crippen LogP contribution in [0.15, 0.2) is 35.2 Å². The van der Waals surface area contributed by atoms with E-state index < -0.39 is 44.8 Å².